The topological polar surface area (TPSA) is 78.5 Å². The van der Waals surface area contributed by atoms with Crippen molar-refractivity contribution in [3.05, 3.63) is 23.8 Å². The van der Waals surface area contributed by atoms with Gasteiger partial charge in [-0.3, -0.25) is 4.90 Å². The second-order valence-electron chi connectivity index (χ2n) is 6.53. The van der Waals surface area contributed by atoms with Crippen molar-refractivity contribution in [1.82, 2.24) is 10.0 Å². The van der Waals surface area contributed by atoms with Crippen molar-refractivity contribution in [1.29, 1.82) is 0 Å². The molecule has 6 nitrogen and oxygen atoms in total. The average molecular weight is 351 g/mol. The fourth-order valence-electron chi connectivity index (χ4n) is 3.41. The van der Waals surface area contributed by atoms with E-state index in [0.29, 0.717) is 24.4 Å². The third-order valence-electron chi connectivity index (χ3n) is 4.71. The average Bonchev–Trinajstić information content (AvgIpc) is 3.20. The zero-order valence-electron chi connectivity index (χ0n) is 14.0. The Morgan fingerprint density at radius 2 is 2.04 bits per heavy atom. The quantitative estimate of drug-likeness (QED) is 0.855. The second kappa shape index (κ2) is 7.11. The van der Waals surface area contributed by atoms with Gasteiger partial charge < -0.3 is 5.32 Å². The molecule has 0 unspecified atom stereocenters. The summed E-state index contributed by atoms with van der Waals surface area (Å²) < 4.78 is 27.9. The maximum Gasteiger partial charge on any atom is 0.321 e. The molecule has 1 heterocycles. The fraction of sp³-hybridized carbons (Fsp3) is 0.588. The van der Waals surface area contributed by atoms with Gasteiger partial charge in [0.05, 0.1) is 4.90 Å². The molecule has 1 aliphatic carbocycles. The normalized spacial score (nSPS) is 18.0. The summed E-state index contributed by atoms with van der Waals surface area (Å²) in [6.07, 6.45) is 5.56. The van der Waals surface area contributed by atoms with E-state index in [0.717, 1.165) is 43.4 Å². The van der Waals surface area contributed by atoms with Crippen molar-refractivity contribution in [2.24, 2.45) is 0 Å². The Bertz CT molecular complexity index is 712. The van der Waals surface area contributed by atoms with Crippen molar-refractivity contribution in [3.63, 3.8) is 0 Å². The number of amides is 2. The number of hydrogen-bond acceptors (Lipinski definition) is 3. The SMILES string of the molecule is CCCNC(=O)N1CCc2cc(S(=O)(=O)NC3CCCC3)ccc21. The fourth-order valence-corrected chi connectivity index (χ4v) is 4.77. The highest BCUT2D eigenvalue weighted by atomic mass is 32.2. The zero-order chi connectivity index (χ0) is 17.2. The van der Waals surface area contributed by atoms with E-state index in [-0.39, 0.29) is 12.1 Å². The van der Waals surface area contributed by atoms with Crippen LogP contribution in [0, 0.1) is 0 Å². The number of urea groups is 1. The number of carbonyl (C=O) groups is 1. The van der Waals surface area contributed by atoms with Crippen LogP contribution in [0.1, 0.15) is 44.6 Å². The molecular weight excluding hydrogens is 326 g/mol. The van der Waals surface area contributed by atoms with Crippen molar-refractivity contribution < 1.29 is 13.2 Å². The molecule has 0 saturated heterocycles. The molecule has 1 aromatic rings. The van der Waals surface area contributed by atoms with Gasteiger partial charge in [0.1, 0.15) is 0 Å². The van der Waals surface area contributed by atoms with E-state index in [4.69, 9.17) is 0 Å². The van der Waals surface area contributed by atoms with Crippen molar-refractivity contribution in [2.75, 3.05) is 18.0 Å². The lowest BCUT2D eigenvalue weighted by Gasteiger charge is -2.18. The van der Waals surface area contributed by atoms with Crippen LogP contribution in [0.15, 0.2) is 23.1 Å². The van der Waals surface area contributed by atoms with Gasteiger partial charge in [-0.05, 0) is 49.4 Å². The van der Waals surface area contributed by atoms with Crippen molar-refractivity contribution in [2.45, 2.75) is 56.4 Å². The summed E-state index contributed by atoms with van der Waals surface area (Å²) >= 11 is 0. The highest BCUT2D eigenvalue weighted by molar-refractivity contribution is 7.89. The molecule has 1 fully saturated rings. The number of rotatable bonds is 5. The summed E-state index contributed by atoms with van der Waals surface area (Å²) in [4.78, 5) is 14.1. The monoisotopic (exact) mass is 351 g/mol. The number of sulfonamides is 1. The number of nitrogens with zero attached hydrogens (tertiary/aromatic N) is 1. The van der Waals surface area contributed by atoms with Gasteiger partial charge in [0.2, 0.25) is 10.0 Å². The molecule has 1 aromatic carbocycles. The molecule has 0 aromatic heterocycles. The Balaban J connectivity index is 1.76. The van der Waals surface area contributed by atoms with Crippen LogP contribution >= 0.6 is 0 Å². The van der Waals surface area contributed by atoms with Gasteiger partial charge in [-0.2, -0.15) is 0 Å². The molecule has 2 N–H and O–H groups in total. The van der Waals surface area contributed by atoms with Crippen molar-refractivity contribution in [3.8, 4) is 0 Å². The number of carbonyl (C=O) groups excluding carboxylic acids is 1. The molecule has 0 bridgehead atoms. The van der Waals surface area contributed by atoms with E-state index in [1.165, 1.54) is 0 Å². The number of anilines is 1. The third kappa shape index (κ3) is 3.57. The van der Waals surface area contributed by atoms with Gasteiger partial charge in [0.15, 0.2) is 0 Å². The zero-order valence-corrected chi connectivity index (χ0v) is 14.9. The van der Waals surface area contributed by atoms with E-state index in [1.54, 1.807) is 23.1 Å². The molecule has 3 rings (SSSR count). The Labute approximate surface area is 143 Å². The lowest BCUT2D eigenvalue weighted by molar-refractivity contribution is 0.247. The smallest absolute Gasteiger partial charge is 0.321 e. The van der Waals surface area contributed by atoms with Crippen molar-refractivity contribution >= 4 is 21.7 Å². The third-order valence-corrected chi connectivity index (χ3v) is 6.22. The number of fused-ring (bicyclic) bond motifs is 1. The van der Waals surface area contributed by atoms with Crippen LogP contribution in [0.3, 0.4) is 0 Å². The number of hydrogen-bond donors (Lipinski definition) is 2. The minimum atomic E-state index is -3.49. The van der Waals surface area contributed by atoms with Crippen LogP contribution < -0.4 is 14.9 Å². The van der Waals surface area contributed by atoms with Gasteiger partial charge in [0.25, 0.3) is 0 Å². The first-order valence-electron chi connectivity index (χ1n) is 8.72. The molecule has 132 valence electrons. The molecule has 1 aliphatic heterocycles. The Hall–Kier alpha value is -1.60. The first-order valence-corrected chi connectivity index (χ1v) is 10.2. The second-order valence-corrected chi connectivity index (χ2v) is 8.24. The standard InChI is InChI=1S/C17H25N3O3S/c1-2-10-18-17(21)20-11-9-13-12-15(7-8-16(13)20)24(22,23)19-14-5-3-4-6-14/h7-8,12,14,19H,2-6,9-11H2,1H3,(H,18,21). The van der Waals surface area contributed by atoms with E-state index in [1.807, 2.05) is 6.92 Å². The molecule has 0 atom stereocenters. The number of benzene rings is 1. The predicted molar refractivity (Wildman–Crippen MR) is 93.8 cm³/mol. The molecule has 7 heteroatoms. The lowest BCUT2D eigenvalue weighted by Crippen LogP contribution is -2.39. The first-order chi connectivity index (χ1) is 11.5. The Kier molecular flexibility index (Phi) is 5.10. The summed E-state index contributed by atoms with van der Waals surface area (Å²) in [7, 11) is -3.49. The van der Waals surface area contributed by atoms with Crippen LogP contribution in [0.2, 0.25) is 0 Å². The van der Waals surface area contributed by atoms with Gasteiger partial charge in [-0.1, -0.05) is 19.8 Å². The summed E-state index contributed by atoms with van der Waals surface area (Å²) in [5, 5.41) is 2.86. The molecule has 0 spiro atoms. The molecule has 1 saturated carbocycles. The number of nitrogens with one attached hydrogen (secondary N) is 2. The predicted octanol–water partition coefficient (Wildman–Crippen LogP) is 2.39. The van der Waals surface area contributed by atoms with Crippen LogP contribution in [-0.2, 0) is 16.4 Å². The van der Waals surface area contributed by atoms with Gasteiger partial charge in [-0.15, -0.1) is 0 Å². The highest BCUT2D eigenvalue weighted by Crippen LogP contribution is 2.30. The van der Waals surface area contributed by atoms with Gasteiger partial charge >= 0.3 is 6.03 Å². The van der Waals surface area contributed by atoms with E-state index in [9.17, 15) is 13.2 Å². The lowest BCUT2D eigenvalue weighted by atomic mass is 10.2. The molecule has 24 heavy (non-hydrogen) atoms. The maximum absolute atomic E-state index is 12.5. The van der Waals surface area contributed by atoms with Crippen LogP contribution in [-0.4, -0.2) is 33.6 Å². The largest absolute Gasteiger partial charge is 0.338 e. The first kappa shape index (κ1) is 17.2. The summed E-state index contributed by atoms with van der Waals surface area (Å²) in [6.45, 7) is 3.24. The maximum atomic E-state index is 12.5. The van der Waals surface area contributed by atoms with E-state index >= 15 is 0 Å². The van der Waals surface area contributed by atoms with E-state index in [2.05, 4.69) is 10.0 Å². The Morgan fingerprint density at radius 3 is 2.75 bits per heavy atom. The van der Waals surface area contributed by atoms with Crippen LogP contribution in [0.5, 0.6) is 0 Å². The summed E-state index contributed by atoms with van der Waals surface area (Å²) in [6, 6.07) is 4.99. The van der Waals surface area contributed by atoms with Gasteiger partial charge in [0, 0.05) is 24.8 Å². The molecule has 0 radical (unpaired) electrons. The molecular formula is C17H25N3O3S. The Morgan fingerprint density at radius 1 is 1.29 bits per heavy atom. The van der Waals surface area contributed by atoms with Crippen LogP contribution in [0.4, 0.5) is 10.5 Å². The van der Waals surface area contributed by atoms with Gasteiger partial charge in [-0.25, -0.2) is 17.9 Å². The van der Waals surface area contributed by atoms with E-state index < -0.39 is 10.0 Å². The van der Waals surface area contributed by atoms with Crippen LogP contribution in [0.25, 0.3) is 0 Å². The highest BCUT2D eigenvalue weighted by Gasteiger charge is 2.28. The summed E-state index contributed by atoms with van der Waals surface area (Å²) in [5.74, 6) is 0. The molecule has 2 aliphatic rings. The molecule has 2 amide bonds. The minimum absolute atomic E-state index is 0.0552. The minimum Gasteiger partial charge on any atom is -0.338 e. The summed E-state index contributed by atoms with van der Waals surface area (Å²) in [5.41, 5.74) is 1.72.